The maximum Gasteiger partial charge on any atom is 0.326 e. The van der Waals surface area contributed by atoms with Crippen LogP contribution in [0.5, 0.6) is 0 Å². The largest absolute Gasteiger partial charge is 0.458 e. The van der Waals surface area contributed by atoms with Crippen molar-refractivity contribution in [1.82, 2.24) is 4.98 Å². The Labute approximate surface area is 164 Å². The van der Waals surface area contributed by atoms with E-state index in [1.165, 1.54) is 35.1 Å². The van der Waals surface area contributed by atoms with E-state index < -0.39 is 5.97 Å². The molecule has 0 saturated carbocycles. The SMILES string of the molecule is O=C(CN1C(=O)CSc2ccccc21)OCc1coc(-c2ccc(F)cc2)n1. The van der Waals surface area contributed by atoms with Gasteiger partial charge in [0.1, 0.15) is 30.9 Å². The van der Waals surface area contributed by atoms with E-state index in [9.17, 15) is 14.0 Å². The van der Waals surface area contributed by atoms with Crippen LogP contribution in [0.1, 0.15) is 5.69 Å². The second-order valence-corrected chi connectivity index (χ2v) is 7.07. The van der Waals surface area contributed by atoms with E-state index in [0.717, 1.165) is 4.90 Å². The first kappa shape index (κ1) is 18.2. The van der Waals surface area contributed by atoms with Crippen LogP contribution in [0.3, 0.4) is 0 Å². The standard InChI is InChI=1S/C20H15FN2O4S/c21-14-7-5-13(6-8-14)20-22-15(11-27-20)10-26-19(25)9-23-16-3-1-2-4-17(16)28-12-18(23)24/h1-8,11H,9-10,12H2. The number of esters is 1. The minimum absolute atomic E-state index is 0.0814. The number of fused-ring (bicyclic) bond motifs is 1. The molecule has 0 unspecified atom stereocenters. The highest BCUT2D eigenvalue weighted by atomic mass is 32.2. The highest BCUT2D eigenvalue weighted by molar-refractivity contribution is 8.00. The highest BCUT2D eigenvalue weighted by Crippen LogP contribution is 2.34. The average molecular weight is 398 g/mol. The molecule has 6 nitrogen and oxygen atoms in total. The zero-order valence-electron chi connectivity index (χ0n) is 14.6. The van der Waals surface area contributed by atoms with Crippen LogP contribution in [0.2, 0.25) is 0 Å². The zero-order chi connectivity index (χ0) is 19.5. The Hall–Kier alpha value is -3.13. The molecule has 1 aromatic heterocycles. The summed E-state index contributed by atoms with van der Waals surface area (Å²) in [5.74, 6) is -0.434. The topological polar surface area (TPSA) is 72.6 Å². The van der Waals surface area contributed by atoms with Gasteiger partial charge in [0.2, 0.25) is 11.8 Å². The van der Waals surface area contributed by atoms with E-state index in [-0.39, 0.29) is 30.6 Å². The van der Waals surface area contributed by atoms with Gasteiger partial charge in [-0.2, -0.15) is 0 Å². The Morgan fingerprint density at radius 1 is 1.21 bits per heavy atom. The number of nitrogens with zero attached hydrogens (tertiary/aromatic N) is 2. The fraction of sp³-hybridized carbons (Fsp3) is 0.150. The molecule has 0 fully saturated rings. The van der Waals surface area contributed by atoms with Crippen molar-refractivity contribution in [1.29, 1.82) is 0 Å². The summed E-state index contributed by atoms with van der Waals surface area (Å²) in [6.07, 6.45) is 1.38. The van der Waals surface area contributed by atoms with Gasteiger partial charge >= 0.3 is 5.97 Å². The second-order valence-electron chi connectivity index (χ2n) is 6.05. The lowest BCUT2D eigenvalue weighted by molar-refractivity contribution is -0.144. The number of aromatic nitrogens is 1. The molecule has 0 radical (unpaired) electrons. The summed E-state index contributed by atoms with van der Waals surface area (Å²) in [6.45, 7) is -0.249. The Bertz CT molecular complexity index is 1020. The number of para-hydroxylation sites is 1. The average Bonchev–Trinajstić information content (AvgIpc) is 3.18. The predicted molar refractivity (Wildman–Crippen MR) is 101 cm³/mol. The maximum atomic E-state index is 13.0. The molecule has 0 N–H and O–H groups in total. The summed E-state index contributed by atoms with van der Waals surface area (Å²) in [6, 6.07) is 13.2. The Balaban J connectivity index is 1.38. The van der Waals surface area contributed by atoms with E-state index in [1.807, 2.05) is 18.2 Å². The van der Waals surface area contributed by atoms with Crippen molar-refractivity contribution in [2.24, 2.45) is 0 Å². The molecular formula is C20H15FN2O4S. The molecule has 3 aromatic rings. The number of anilines is 1. The van der Waals surface area contributed by atoms with Gasteiger partial charge in [-0.25, -0.2) is 9.37 Å². The van der Waals surface area contributed by atoms with Gasteiger partial charge in [0.15, 0.2) is 0 Å². The zero-order valence-corrected chi connectivity index (χ0v) is 15.4. The third kappa shape index (κ3) is 3.91. The summed E-state index contributed by atoms with van der Waals surface area (Å²) in [4.78, 5) is 31.0. The van der Waals surface area contributed by atoms with Crippen LogP contribution in [0.4, 0.5) is 10.1 Å². The molecule has 8 heteroatoms. The first-order chi connectivity index (χ1) is 13.6. The molecule has 28 heavy (non-hydrogen) atoms. The number of hydrogen-bond donors (Lipinski definition) is 0. The van der Waals surface area contributed by atoms with Crippen molar-refractivity contribution in [2.45, 2.75) is 11.5 Å². The van der Waals surface area contributed by atoms with Crippen LogP contribution in [-0.4, -0.2) is 29.2 Å². The molecule has 0 bridgehead atoms. The fourth-order valence-corrected chi connectivity index (χ4v) is 3.69. The van der Waals surface area contributed by atoms with E-state index in [2.05, 4.69) is 4.98 Å². The number of carbonyl (C=O) groups excluding carboxylic acids is 2. The van der Waals surface area contributed by atoms with E-state index in [0.29, 0.717) is 22.8 Å². The van der Waals surface area contributed by atoms with E-state index in [1.54, 1.807) is 18.2 Å². The predicted octanol–water partition coefficient (Wildman–Crippen LogP) is 3.66. The number of benzene rings is 2. The summed E-state index contributed by atoms with van der Waals surface area (Å²) < 4.78 is 23.6. The molecular weight excluding hydrogens is 383 g/mol. The van der Waals surface area contributed by atoms with Gasteiger partial charge < -0.3 is 9.15 Å². The van der Waals surface area contributed by atoms with Crippen LogP contribution in [0.25, 0.3) is 11.5 Å². The maximum absolute atomic E-state index is 13.0. The van der Waals surface area contributed by atoms with E-state index >= 15 is 0 Å². The number of hydrogen-bond acceptors (Lipinski definition) is 6. The molecule has 0 spiro atoms. The summed E-state index contributed by atoms with van der Waals surface area (Å²) in [5, 5.41) is 0. The summed E-state index contributed by atoms with van der Waals surface area (Å²) in [7, 11) is 0. The number of halogens is 1. The number of carbonyl (C=O) groups is 2. The molecule has 1 aliphatic rings. The number of oxazole rings is 1. The van der Waals surface area contributed by atoms with Gasteiger partial charge in [-0.3, -0.25) is 14.5 Å². The van der Waals surface area contributed by atoms with Gasteiger partial charge in [-0.05, 0) is 36.4 Å². The Morgan fingerprint density at radius 3 is 2.82 bits per heavy atom. The number of ether oxygens (including phenoxy) is 1. The van der Waals surface area contributed by atoms with Crippen molar-refractivity contribution in [3.05, 3.63) is 66.3 Å². The normalized spacial score (nSPS) is 13.3. The highest BCUT2D eigenvalue weighted by Gasteiger charge is 2.26. The molecule has 0 saturated heterocycles. The van der Waals surface area contributed by atoms with Gasteiger partial charge in [0.25, 0.3) is 0 Å². The van der Waals surface area contributed by atoms with Crippen LogP contribution in [0.15, 0.2) is 64.1 Å². The summed E-state index contributed by atoms with van der Waals surface area (Å²) in [5.41, 5.74) is 1.75. The monoisotopic (exact) mass is 398 g/mol. The lowest BCUT2D eigenvalue weighted by atomic mass is 10.2. The molecule has 2 aromatic carbocycles. The van der Waals surface area contributed by atoms with Crippen molar-refractivity contribution < 1.29 is 23.1 Å². The summed E-state index contributed by atoms with van der Waals surface area (Å²) >= 11 is 1.45. The van der Waals surface area contributed by atoms with Crippen molar-refractivity contribution in [3.63, 3.8) is 0 Å². The first-order valence-electron chi connectivity index (χ1n) is 8.48. The smallest absolute Gasteiger partial charge is 0.326 e. The first-order valence-corrected chi connectivity index (χ1v) is 9.47. The van der Waals surface area contributed by atoms with Crippen LogP contribution in [0, 0.1) is 5.82 Å². The minimum atomic E-state index is -0.540. The van der Waals surface area contributed by atoms with Gasteiger partial charge in [-0.15, -0.1) is 11.8 Å². The number of amides is 1. The number of rotatable bonds is 5. The van der Waals surface area contributed by atoms with Gasteiger partial charge in [0, 0.05) is 10.5 Å². The molecule has 1 aliphatic heterocycles. The Kier molecular flexibility index (Phi) is 5.12. The number of thioether (sulfide) groups is 1. The fourth-order valence-electron chi connectivity index (χ4n) is 2.75. The van der Waals surface area contributed by atoms with Crippen LogP contribution < -0.4 is 4.90 Å². The Morgan fingerprint density at radius 2 is 2.00 bits per heavy atom. The van der Waals surface area contributed by atoms with Crippen LogP contribution in [-0.2, 0) is 20.9 Å². The van der Waals surface area contributed by atoms with Crippen molar-refractivity contribution in [3.8, 4) is 11.5 Å². The second kappa shape index (κ2) is 7.85. The van der Waals surface area contributed by atoms with Crippen LogP contribution >= 0.6 is 11.8 Å². The molecule has 2 heterocycles. The molecule has 4 rings (SSSR count). The minimum Gasteiger partial charge on any atom is -0.458 e. The van der Waals surface area contributed by atoms with Crippen molar-refractivity contribution >= 4 is 29.3 Å². The molecule has 0 aliphatic carbocycles. The molecule has 0 atom stereocenters. The third-order valence-electron chi connectivity index (χ3n) is 4.12. The lowest BCUT2D eigenvalue weighted by Gasteiger charge is -2.27. The molecule has 1 amide bonds. The van der Waals surface area contributed by atoms with Gasteiger partial charge in [0.05, 0.1) is 11.4 Å². The third-order valence-corrected chi connectivity index (χ3v) is 5.17. The van der Waals surface area contributed by atoms with Gasteiger partial charge in [-0.1, -0.05) is 12.1 Å². The quantitative estimate of drug-likeness (QED) is 0.611. The lowest BCUT2D eigenvalue weighted by Crippen LogP contribution is -2.39. The van der Waals surface area contributed by atoms with E-state index in [4.69, 9.17) is 9.15 Å². The van der Waals surface area contributed by atoms with Crippen molar-refractivity contribution in [2.75, 3.05) is 17.2 Å². The molecule has 142 valence electrons.